The van der Waals surface area contributed by atoms with Gasteiger partial charge in [0.25, 0.3) is 0 Å². The first kappa shape index (κ1) is 24.1. The Bertz CT molecular complexity index is 886. The van der Waals surface area contributed by atoms with Crippen molar-refractivity contribution < 1.29 is 5.11 Å². The summed E-state index contributed by atoms with van der Waals surface area (Å²) >= 11 is 0. The standard InChI is InChI=1S/C27H41N5O/c1-4-26-25(18-23-10-8-21(2)9-11-23)27(29-22(3)28-26)32-16-14-31(15-17-32)20-24(33)19-30-12-6-5-7-13-30/h8-11,24,33H,4-7,12-20H2,1-3H3/t24-/m1/s1. The molecule has 2 fully saturated rings. The minimum Gasteiger partial charge on any atom is -0.390 e. The number of β-amino-alcohol motifs (C(OH)–C–C–N with tert-alkyl or cyclic N) is 1. The maximum Gasteiger partial charge on any atom is 0.136 e. The number of aryl methyl sites for hydroxylation is 3. The summed E-state index contributed by atoms with van der Waals surface area (Å²) in [7, 11) is 0. The highest BCUT2D eigenvalue weighted by Gasteiger charge is 2.25. The molecule has 6 nitrogen and oxygen atoms in total. The van der Waals surface area contributed by atoms with E-state index in [-0.39, 0.29) is 6.10 Å². The molecule has 0 spiro atoms. The highest BCUT2D eigenvalue weighted by Crippen LogP contribution is 2.26. The second kappa shape index (κ2) is 11.4. The van der Waals surface area contributed by atoms with Gasteiger partial charge in [-0.1, -0.05) is 43.2 Å². The molecule has 2 saturated heterocycles. The minimum absolute atomic E-state index is 0.264. The van der Waals surface area contributed by atoms with Gasteiger partial charge in [-0.3, -0.25) is 4.90 Å². The minimum atomic E-state index is -0.264. The first-order chi connectivity index (χ1) is 16.0. The molecule has 0 radical (unpaired) electrons. The Morgan fingerprint density at radius 1 is 0.848 bits per heavy atom. The summed E-state index contributed by atoms with van der Waals surface area (Å²) < 4.78 is 0. The summed E-state index contributed by atoms with van der Waals surface area (Å²) in [5, 5.41) is 10.7. The molecule has 2 aliphatic heterocycles. The number of piperazine rings is 1. The van der Waals surface area contributed by atoms with Crippen LogP contribution in [0.4, 0.5) is 5.82 Å². The van der Waals surface area contributed by atoms with Crippen molar-refractivity contribution in [2.24, 2.45) is 0 Å². The van der Waals surface area contributed by atoms with Crippen molar-refractivity contribution in [2.75, 3.05) is 57.3 Å². The van der Waals surface area contributed by atoms with E-state index in [4.69, 9.17) is 9.97 Å². The molecule has 0 saturated carbocycles. The lowest BCUT2D eigenvalue weighted by Crippen LogP contribution is -2.50. The number of benzene rings is 1. The summed E-state index contributed by atoms with van der Waals surface area (Å²) in [6, 6.07) is 8.81. The zero-order valence-electron chi connectivity index (χ0n) is 20.8. The van der Waals surface area contributed by atoms with Crippen molar-refractivity contribution >= 4 is 5.82 Å². The Labute approximate surface area is 199 Å². The van der Waals surface area contributed by atoms with Crippen molar-refractivity contribution in [1.29, 1.82) is 0 Å². The van der Waals surface area contributed by atoms with Gasteiger partial charge >= 0.3 is 0 Å². The third-order valence-corrected chi connectivity index (χ3v) is 7.08. The third kappa shape index (κ3) is 6.52. The summed E-state index contributed by atoms with van der Waals surface area (Å²) in [5.41, 5.74) is 5.03. The number of piperidine rings is 1. The number of aromatic nitrogens is 2. The molecule has 1 aromatic carbocycles. The molecule has 3 heterocycles. The molecule has 6 heteroatoms. The summed E-state index contributed by atoms with van der Waals surface area (Å²) in [4.78, 5) is 17.0. The van der Waals surface area contributed by atoms with Crippen LogP contribution in [-0.2, 0) is 12.8 Å². The van der Waals surface area contributed by atoms with Crippen LogP contribution in [0.2, 0.25) is 0 Å². The topological polar surface area (TPSA) is 55.7 Å². The second-order valence-electron chi connectivity index (χ2n) is 9.84. The van der Waals surface area contributed by atoms with Crippen LogP contribution in [0.5, 0.6) is 0 Å². The van der Waals surface area contributed by atoms with Crippen molar-refractivity contribution in [2.45, 2.75) is 59.0 Å². The van der Waals surface area contributed by atoms with Gasteiger partial charge < -0.3 is 14.9 Å². The van der Waals surface area contributed by atoms with E-state index in [1.54, 1.807) is 0 Å². The summed E-state index contributed by atoms with van der Waals surface area (Å²) in [6.07, 6.45) is 5.40. The number of likely N-dealkylation sites (tertiary alicyclic amines) is 1. The predicted molar refractivity (Wildman–Crippen MR) is 135 cm³/mol. The van der Waals surface area contributed by atoms with E-state index in [9.17, 15) is 5.11 Å². The van der Waals surface area contributed by atoms with Crippen LogP contribution in [0.1, 0.15) is 54.4 Å². The molecule has 2 aliphatic rings. The van der Waals surface area contributed by atoms with Crippen LogP contribution in [0, 0.1) is 13.8 Å². The fourth-order valence-electron chi connectivity index (χ4n) is 5.22. The molecule has 4 rings (SSSR count). The van der Waals surface area contributed by atoms with Crippen molar-refractivity contribution in [1.82, 2.24) is 19.8 Å². The zero-order chi connectivity index (χ0) is 23.2. The van der Waals surface area contributed by atoms with E-state index in [2.05, 4.69) is 52.8 Å². The quantitative estimate of drug-likeness (QED) is 0.665. The lowest BCUT2D eigenvalue weighted by atomic mass is 10.0. The molecule has 0 amide bonds. The van der Waals surface area contributed by atoms with E-state index in [1.165, 1.54) is 36.0 Å². The molecule has 1 atom stereocenters. The zero-order valence-corrected chi connectivity index (χ0v) is 20.8. The molecule has 33 heavy (non-hydrogen) atoms. The smallest absolute Gasteiger partial charge is 0.136 e. The van der Waals surface area contributed by atoms with Gasteiger partial charge in [-0.2, -0.15) is 0 Å². The molecular weight excluding hydrogens is 410 g/mol. The fraction of sp³-hybridized carbons (Fsp3) is 0.630. The van der Waals surface area contributed by atoms with Gasteiger partial charge in [0, 0.05) is 56.9 Å². The van der Waals surface area contributed by atoms with Crippen LogP contribution in [0.25, 0.3) is 0 Å². The monoisotopic (exact) mass is 451 g/mol. The van der Waals surface area contributed by atoms with Crippen LogP contribution >= 0.6 is 0 Å². The fourth-order valence-corrected chi connectivity index (χ4v) is 5.22. The average Bonchev–Trinajstić information content (AvgIpc) is 2.82. The molecule has 0 unspecified atom stereocenters. The van der Waals surface area contributed by atoms with Gasteiger partial charge in [0.15, 0.2) is 0 Å². The number of rotatable bonds is 8. The first-order valence-corrected chi connectivity index (χ1v) is 12.8. The molecule has 1 aromatic heterocycles. The van der Waals surface area contributed by atoms with E-state index in [0.29, 0.717) is 0 Å². The molecule has 1 N–H and O–H groups in total. The molecular formula is C27H41N5O. The Kier molecular flexibility index (Phi) is 8.34. The van der Waals surface area contributed by atoms with Crippen LogP contribution in [0.3, 0.4) is 0 Å². The van der Waals surface area contributed by atoms with Gasteiger partial charge in [-0.15, -0.1) is 0 Å². The van der Waals surface area contributed by atoms with E-state index >= 15 is 0 Å². The average molecular weight is 452 g/mol. The third-order valence-electron chi connectivity index (χ3n) is 7.08. The number of hydrogen-bond acceptors (Lipinski definition) is 6. The highest BCUT2D eigenvalue weighted by molar-refractivity contribution is 5.52. The van der Waals surface area contributed by atoms with Crippen LogP contribution in [0.15, 0.2) is 24.3 Å². The van der Waals surface area contributed by atoms with E-state index < -0.39 is 0 Å². The van der Waals surface area contributed by atoms with Crippen molar-refractivity contribution in [3.05, 3.63) is 52.5 Å². The first-order valence-electron chi connectivity index (χ1n) is 12.8. The largest absolute Gasteiger partial charge is 0.390 e. The summed E-state index contributed by atoms with van der Waals surface area (Å²) in [6.45, 7) is 14.0. The number of anilines is 1. The van der Waals surface area contributed by atoms with Crippen molar-refractivity contribution in [3.8, 4) is 0 Å². The normalized spacial score (nSPS) is 19.1. The second-order valence-corrected chi connectivity index (χ2v) is 9.84. The van der Waals surface area contributed by atoms with Gasteiger partial charge in [-0.25, -0.2) is 9.97 Å². The Hall–Kier alpha value is -2.02. The number of aliphatic hydroxyl groups excluding tert-OH is 1. The SMILES string of the molecule is CCc1nc(C)nc(N2CCN(C[C@H](O)CN3CCCCC3)CC2)c1Cc1ccc(C)cc1. The van der Waals surface area contributed by atoms with E-state index in [1.807, 2.05) is 6.92 Å². The lowest BCUT2D eigenvalue weighted by molar-refractivity contribution is 0.0651. The lowest BCUT2D eigenvalue weighted by Gasteiger charge is -2.38. The molecule has 180 valence electrons. The van der Waals surface area contributed by atoms with Crippen molar-refractivity contribution in [3.63, 3.8) is 0 Å². The van der Waals surface area contributed by atoms with Gasteiger partial charge in [-0.05, 0) is 51.8 Å². The number of aliphatic hydroxyl groups is 1. The maximum atomic E-state index is 10.7. The van der Waals surface area contributed by atoms with Crippen LogP contribution < -0.4 is 4.90 Å². The Balaban J connectivity index is 1.40. The van der Waals surface area contributed by atoms with Gasteiger partial charge in [0.1, 0.15) is 11.6 Å². The van der Waals surface area contributed by atoms with Gasteiger partial charge in [0.05, 0.1) is 6.10 Å². The highest BCUT2D eigenvalue weighted by atomic mass is 16.3. The van der Waals surface area contributed by atoms with Gasteiger partial charge in [0.2, 0.25) is 0 Å². The molecule has 0 bridgehead atoms. The molecule has 2 aromatic rings. The maximum absolute atomic E-state index is 10.7. The summed E-state index contributed by atoms with van der Waals surface area (Å²) in [5.74, 6) is 1.96. The number of nitrogens with zero attached hydrogens (tertiary/aromatic N) is 5. The Morgan fingerprint density at radius 3 is 2.12 bits per heavy atom. The predicted octanol–water partition coefficient (Wildman–Crippen LogP) is 3.22. The molecule has 0 aliphatic carbocycles. The Morgan fingerprint density at radius 2 is 1.48 bits per heavy atom. The van der Waals surface area contributed by atoms with E-state index in [0.717, 1.165) is 82.5 Å². The van der Waals surface area contributed by atoms with Crippen LogP contribution in [-0.4, -0.2) is 83.3 Å². The number of hydrogen-bond donors (Lipinski definition) is 1.